The van der Waals surface area contributed by atoms with Gasteiger partial charge in [-0.25, -0.2) is 14.4 Å². The Bertz CT molecular complexity index is 819. The van der Waals surface area contributed by atoms with Gasteiger partial charge in [0.15, 0.2) is 0 Å². The van der Waals surface area contributed by atoms with E-state index < -0.39 is 0 Å². The Morgan fingerprint density at radius 2 is 1.64 bits per heavy atom. The lowest BCUT2D eigenvalue weighted by molar-refractivity contribution is 0.627. The minimum absolute atomic E-state index is 0.139. The summed E-state index contributed by atoms with van der Waals surface area (Å²) < 4.78 is 13.0. The Morgan fingerprint density at radius 1 is 0.960 bits per heavy atom. The Morgan fingerprint density at radius 3 is 2.36 bits per heavy atom. The van der Waals surface area contributed by atoms with Crippen molar-refractivity contribution < 1.29 is 4.39 Å². The fourth-order valence-electron chi connectivity index (χ4n) is 2.57. The van der Waals surface area contributed by atoms with E-state index >= 15 is 0 Å². The molecule has 1 unspecified atom stereocenters. The van der Waals surface area contributed by atoms with E-state index in [0.29, 0.717) is 12.4 Å². The van der Waals surface area contributed by atoms with E-state index in [1.807, 2.05) is 31.2 Å². The van der Waals surface area contributed by atoms with Crippen LogP contribution in [-0.2, 0) is 6.54 Å². The summed E-state index contributed by atoms with van der Waals surface area (Å²) in [5.41, 5.74) is 2.18. The van der Waals surface area contributed by atoms with Crippen LogP contribution >= 0.6 is 0 Å². The second-order valence-corrected chi connectivity index (χ2v) is 5.94. The van der Waals surface area contributed by atoms with Crippen LogP contribution in [0.5, 0.6) is 0 Å². The monoisotopic (exact) mass is 336 g/mol. The van der Waals surface area contributed by atoms with Crippen molar-refractivity contribution in [1.29, 1.82) is 0 Å². The first-order valence-electron chi connectivity index (χ1n) is 8.25. The maximum atomic E-state index is 13.0. The van der Waals surface area contributed by atoms with Crippen LogP contribution in [0, 0.1) is 12.7 Å². The molecule has 5 heteroatoms. The molecule has 1 heterocycles. The fraction of sp³-hybridized carbons (Fsp3) is 0.200. The van der Waals surface area contributed by atoms with Crippen molar-refractivity contribution in [1.82, 2.24) is 9.97 Å². The zero-order valence-electron chi connectivity index (χ0n) is 14.3. The third kappa shape index (κ3) is 4.76. The van der Waals surface area contributed by atoms with E-state index in [2.05, 4.69) is 39.7 Å². The van der Waals surface area contributed by atoms with Gasteiger partial charge in [-0.05, 0) is 37.1 Å². The number of aromatic nitrogens is 2. The van der Waals surface area contributed by atoms with Crippen LogP contribution in [0.25, 0.3) is 0 Å². The fourth-order valence-corrected chi connectivity index (χ4v) is 2.57. The molecule has 1 aromatic heterocycles. The van der Waals surface area contributed by atoms with Gasteiger partial charge in [0.1, 0.15) is 23.3 Å². The number of hydrogen-bond donors (Lipinski definition) is 2. The zero-order valence-corrected chi connectivity index (χ0v) is 14.3. The van der Waals surface area contributed by atoms with Crippen LogP contribution < -0.4 is 10.6 Å². The first-order chi connectivity index (χ1) is 12.1. The molecule has 3 rings (SSSR count). The van der Waals surface area contributed by atoms with Gasteiger partial charge >= 0.3 is 0 Å². The highest BCUT2D eigenvalue weighted by molar-refractivity contribution is 5.49. The number of nitrogens with one attached hydrogen (secondary N) is 2. The van der Waals surface area contributed by atoms with E-state index in [1.54, 1.807) is 12.1 Å². The van der Waals surface area contributed by atoms with Gasteiger partial charge in [0.05, 0.1) is 0 Å². The smallest absolute Gasteiger partial charge is 0.132 e. The lowest BCUT2D eigenvalue weighted by Crippen LogP contribution is -2.10. The molecule has 2 aromatic carbocycles. The van der Waals surface area contributed by atoms with Gasteiger partial charge in [-0.2, -0.15) is 0 Å². The summed E-state index contributed by atoms with van der Waals surface area (Å²) in [6.45, 7) is 4.53. The summed E-state index contributed by atoms with van der Waals surface area (Å²) >= 11 is 0. The maximum absolute atomic E-state index is 13.0. The van der Waals surface area contributed by atoms with Crippen molar-refractivity contribution in [3.8, 4) is 0 Å². The van der Waals surface area contributed by atoms with Gasteiger partial charge < -0.3 is 10.6 Å². The Labute approximate surface area is 147 Å². The van der Waals surface area contributed by atoms with Crippen LogP contribution in [0.15, 0.2) is 60.7 Å². The number of rotatable bonds is 6. The third-order valence-corrected chi connectivity index (χ3v) is 3.89. The molecule has 0 aliphatic heterocycles. The largest absolute Gasteiger partial charge is 0.366 e. The molecule has 25 heavy (non-hydrogen) atoms. The summed E-state index contributed by atoms with van der Waals surface area (Å²) in [7, 11) is 0. The number of halogens is 1. The molecule has 4 nitrogen and oxygen atoms in total. The molecule has 128 valence electrons. The standard InChI is InChI=1S/C20H21FN4/c1-14(17-6-4-3-5-7-17)23-20-12-19(24-15(2)25-20)22-13-16-8-10-18(21)11-9-16/h3-12,14H,13H2,1-2H3,(H2,22,23,24,25). The van der Waals surface area contributed by atoms with Gasteiger partial charge in [0.2, 0.25) is 0 Å². The maximum Gasteiger partial charge on any atom is 0.132 e. The van der Waals surface area contributed by atoms with Gasteiger partial charge in [-0.15, -0.1) is 0 Å². The molecule has 0 fully saturated rings. The second kappa shape index (κ2) is 7.75. The minimum atomic E-state index is -0.233. The molecular weight excluding hydrogens is 315 g/mol. The zero-order chi connectivity index (χ0) is 17.6. The Balaban J connectivity index is 1.68. The molecule has 0 saturated carbocycles. The number of anilines is 2. The number of benzene rings is 2. The average Bonchev–Trinajstić information content (AvgIpc) is 2.61. The van der Waals surface area contributed by atoms with Gasteiger partial charge in [-0.1, -0.05) is 42.5 Å². The van der Waals surface area contributed by atoms with Crippen molar-refractivity contribution in [2.45, 2.75) is 26.4 Å². The minimum Gasteiger partial charge on any atom is -0.366 e. The van der Waals surface area contributed by atoms with Gasteiger partial charge in [0.25, 0.3) is 0 Å². The summed E-state index contributed by atoms with van der Waals surface area (Å²) in [6, 6.07) is 18.7. The summed E-state index contributed by atoms with van der Waals surface area (Å²) in [5, 5.41) is 6.67. The molecule has 0 aliphatic carbocycles. The van der Waals surface area contributed by atoms with Gasteiger partial charge in [-0.3, -0.25) is 0 Å². The van der Waals surface area contributed by atoms with Crippen molar-refractivity contribution in [3.63, 3.8) is 0 Å². The predicted octanol–water partition coefficient (Wildman–Crippen LogP) is 4.71. The Hall–Kier alpha value is -2.95. The van der Waals surface area contributed by atoms with Crippen molar-refractivity contribution in [3.05, 3.63) is 83.4 Å². The van der Waals surface area contributed by atoms with Gasteiger partial charge in [0, 0.05) is 18.7 Å². The number of aryl methyl sites for hydroxylation is 1. The van der Waals surface area contributed by atoms with E-state index in [9.17, 15) is 4.39 Å². The quantitative estimate of drug-likeness (QED) is 0.684. The number of nitrogens with zero attached hydrogens (tertiary/aromatic N) is 2. The molecule has 2 N–H and O–H groups in total. The first-order valence-corrected chi connectivity index (χ1v) is 8.25. The van der Waals surface area contributed by atoms with E-state index in [4.69, 9.17) is 0 Å². The summed E-state index contributed by atoms with van der Waals surface area (Å²) in [5.74, 6) is 1.96. The Kier molecular flexibility index (Phi) is 5.23. The molecule has 0 saturated heterocycles. The van der Waals surface area contributed by atoms with Crippen LogP contribution in [0.2, 0.25) is 0 Å². The van der Waals surface area contributed by atoms with Crippen LogP contribution in [0.3, 0.4) is 0 Å². The lowest BCUT2D eigenvalue weighted by Gasteiger charge is -2.16. The van der Waals surface area contributed by atoms with Crippen LogP contribution in [0.4, 0.5) is 16.0 Å². The highest BCUT2D eigenvalue weighted by atomic mass is 19.1. The molecule has 0 amide bonds. The molecule has 1 atom stereocenters. The molecule has 0 aliphatic rings. The molecular formula is C20H21FN4. The summed E-state index contributed by atoms with van der Waals surface area (Å²) in [4.78, 5) is 8.86. The van der Waals surface area contributed by atoms with E-state index in [0.717, 1.165) is 17.2 Å². The van der Waals surface area contributed by atoms with Crippen LogP contribution in [-0.4, -0.2) is 9.97 Å². The SMILES string of the molecule is Cc1nc(NCc2ccc(F)cc2)cc(NC(C)c2ccccc2)n1. The normalized spacial score (nSPS) is 11.8. The van der Waals surface area contributed by atoms with Crippen molar-refractivity contribution in [2.75, 3.05) is 10.6 Å². The van der Waals surface area contributed by atoms with Crippen molar-refractivity contribution >= 4 is 11.6 Å². The predicted molar refractivity (Wildman–Crippen MR) is 99.0 cm³/mol. The molecule has 0 bridgehead atoms. The molecule has 0 radical (unpaired) electrons. The molecule has 0 spiro atoms. The molecule has 3 aromatic rings. The highest BCUT2D eigenvalue weighted by Gasteiger charge is 2.08. The van der Waals surface area contributed by atoms with E-state index in [1.165, 1.54) is 17.7 Å². The first kappa shape index (κ1) is 16.9. The third-order valence-electron chi connectivity index (χ3n) is 3.89. The second-order valence-electron chi connectivity index (χ2n) is 5.94. The average molecular weight is 336 g/mol. The van der Waals surface area contributed by atoms with Crippen molar-refractivity contribution in [2.24, 2.45) is 0 Å². The lowest BCUT2D eigenvalue weighted by atomic mass is 10.1. The van der Waals surface area contributed by atoms with Crippen LogP contribution in [0.1, 0.15) is 29.9 Å². The summed E-state index contributed by atoms with van der Waals surface area (Å²) in [6.07, 6.45) is 0. The highest BCUT2D eigenvalue weighted by Crippen LogP contribution is 2.19. The topological polar surface area (TPSA) is 49.8 Å². The van der Waals surface area contributed by atoms with E-state index in [-0.39, 0.29) is 11.9 Å². The number of hydrogen-bond acceptors (Lipinski definition) is 4.